The van der Waals surface area contributed by atoms with Gasteiger partial charge < -0.3 is 6.15 Å². The molecule has 0 aromatic rings. The molecule has 0 aliphatic rings. The van der Waals surface area contributed by atoms with Gasteiger partial charge in [-0.15, -0.1) is 0 Å². The summed E-state index contributed by atoms with van der Waals surface area (Å²) in [6.07, 6.45) is 0. The SMILES string of the molecule is [AlH3].[Ga+3].[GeH4].[N-3]. The van der Waals surface area contributed by atoms with Gasteiger partial charge in [-0.1, -0.05) is 0 Å². The molecular formula is H7AlGaGeN. The topological polar surface area (TPSA) is 30.5 Å². The maximum absolute atomic E-state index is 0. The molecule has 22 valence electrons. The van der Waals surface area contributed by atoms with E-state index in [0.717, 1.165) is 0 Å². The van der Waals surface area contributed by atoms with Crippen molar-refractivity contribution in [1.82, 2.24) is 0 Å². The van der Waals surface area contributed by atoms with Gasteiger partial charge in [0.25, 0.3) is 0 Å². The smallest absolute Gasteiger partial charge is 3.00 e. The van der Waals surface area contributed by atoms with Gasteiger partial charge in [-0.2, -0.15) is 0 Å². The fraction of sp³-hybridized carbons (Fsp3) is 0. The van der Waals surface area contributed by atoms with Crippen molar-refractivity contribution in [3.8, 4) is 0 Å². The zero-order valence-corrected chi connectivity index (χ0v) is 3.45. The van der Waals surface area contributed by atoms with E-state index in [2.05, 4.69) is 0 Å². The van der Waals surface area contributed by atoms with Crippen molar-refractivity contribution >= 4 is 54.7 Å². The van der Waals surface area contributed by atoms with Crippen molar-refractivity contribution in [3.63, 3.8) is 0 Å². The molecule has 0 unspecified atom stereocenters. The average molecular weight is 190 g/mol. The van der Waals surface area contributed by atoms with Gasteiger partial charge in [-0.3, -0.25) is 0 Å². The minimum atomic E-state index is 0. The first-order valence-corrected chi connectivity index (χ1v) is 0. The Hall–Kier alpha value is 1.67. The normalized spacial score (nSPS) is 0. The molecule has 0 radical (unpaired) electrons. The first-order chi connectivity index (χ1) is 0. The van der Waals surface area contributed by atoms with Crippen molar-refractivity contribution < 1.29 is 0 Å². The second kappa shape index (κ2) is 22.5. The van der Waals surface area contributed by atoms with Crippen molar-refractivity contribution in [2.45, 2.75) is 0 Å². The standard InChI is InChI=1S/Al.Ga.GeH4.N.3H/h;;1H4;;;;/q;+3;;-3;;;. The van der Waals surface area contributed by atoms with E-state index in [-0.39, 0.29) is 60.9 Å². The van der Waals surface area contributed by atoms with E-state index in [1.807, 2.05) is 0 Å². The van der Waals surface area contributed by atoms with E-state index in [4.69, 9.17) is 0 Å². The zero-order valence-electron chi connectivity index (χ0n) is 1.02. The van der Waals surface area contributed by atoms with Crippen LogP contribution in [0.2, 0.25) is 0 Å². The third kappa shape index (κ3) is 9.38. The van der Waals surface area contributed by atoms with Gasteiger partial charge in [0.2, 0.25) is 0 Å². The van der Waals surface area contributed by atoms with E-state index in [0.29, 0.717) is 0 Å². The van der Waals surface area contributed by atoms with Gasteiger partial charge in [0.05, 0.1) is 0 Å². The van der Waals surface area contributed by atoms with Crippen LogP contribution in [0.1, 0.15) is 0 Å². The van der Waals surface area contributed by atoms with Crippen LogP contribution in [0.25, 0.3) is 6.15 Å². The van der Waals surface area contributed by atoms with Crippen LogP contribution < -0.4 is 0 Å². The summed E-state index contributed by atoms with van der Waals surface area (Å²) in [5.41, 5.74) is 0. The van der Waals surface area contributed by atoms with Crippen LogP contribution in [-0.2, 0) is 0 Å². The third-order valence-corrected chi connectivity index (χ3v) is 0. The van der Waals surface area contributed by atoms with E-state index < -0.39 is 0 Å². The van der Waals surface area contributed by atoms with Gasteiger partial charge in [0, 0.05) is 0 Å². The molecule has 0 saturated carbocycles. The Kier molecular flexibility index (Phi) is 250. The van der Waals surface area contributed by atoms with Crippen LogP contribution in [0.3, 0.4) is 0 Å². The Bertz CT molecular complexity index is 8.00. The minimum Gasteiger partial charge on any atom is -3.00 e. The van der Waals surface area contributed by atoms with E-state index in [9.17, 15) is 0 Å². The predicted molar refractivity (Wildman–Crippen MR) is 30.4 cm³/mol. The average Bonchev–Trinajstić information content (AvgIpc) is 0. The maximum atomic E-state index is 0. The Morgan fingerprint density at radius 3 is 1.00 bits per heavy atom. The Labute approximate surface area is 60.7 Å². The first kappa shape index (κ1) is 44.3. The Morgan fingerprint density at radius 1 is 1.00 bits per heavy atom. The van der Waals surface area contributed by atoms with Crippen molar-refractivity contribution in [2.24, 2.45) is 0 Å². The number of hydrogen-bond donors (Lipinski definition) is 0. The van der Waals surface area contributed by atoms with Crippen molar-refractivity contribution in [3.05, 3.63) is 6.15 Å². The molecule has 0 bridgehead atoms. The largest absolute Gasteiger partial charge is 3.00 e. The molecule has 0 aromatic carbocycles. The summed E-state index contributed by atoms with van der Waals surface area (Å²) in [7, 11) is 0. The molecule has 0 saturated heterocycles. The van der Waals surface area contributed by atoms with E-state index >= 15 is 0 Å². The number of rotatable bonds is 0. The summed E-state index contributed by atoms with van der Waals surface area (Å²) in [6.45, 7) is 0. The second-order valence-corrected chi connectivity index (χ2v) is 0. The van der Waals surface area contributed by atoms with Crippen molar-refractivity contribution in [1.29, 1.82) is 0 Å². The fourth-order valence-electron chi connectivity index (χ4n) is 0. The molecule has 0 fully saturated rings. The fourth-order valence-corrected chi connectivity index (χ4v) is 0. The molecule has 1 nitrogen and oxygen atoms in total. The Morgan fingerprint density at radius 2 is 1.00 bits per heavy atom. The molecule has 0 aliphatic heterocycles. The quantitative estimate of drug-likeness (QED) is 0.372. The minimum absolute atomic E-state index is 0. The second-order valence-electron chi connectivity index (χ2n) is 0. The van der Waals surface area contributed by atoms with Crippen LogP contribution in [0.15, 0.2) is 0 Å². The summed E-state index contributed by atoms with van der Waals surface area (Å²) in [5.74, 6) is 0. The molecular weight excluding hydrogens is 183 g/mol. The molecule has 4 heavy (non-hydrogen) atoms. The summed E-state index contributed by atoms with van der Waals surface area (Å²) in [4.78, 5) is 0. The van der Waals surface area contributed by atoms with Gasteiger partial charge >= 0.3 is 37.4 Å². The molecule has 0 N–H and O–H groups in total. The monoisotopic (exact) mass is 191 g/mol. The maximum Gasteiger partial charge on any atom is -3.00 e. The molecule has 0 atom stereocenters. The third-order valence-electron chi connectivity index (χ3n) is 0. The van der Waals surface area contributed by atoms with Gasteiger partial charge in [0.1, 0.15) is 0 Å². The Balaban J connectivity index is 0. The summed E-state index contributed by atoms with van der Waals surface area (Å²) in [6, 6.07) is 0. The van der Waals surface area contributed by atoms with Crippen LogP contribution in [-0.4, -0.2) is 54.7 Å². The van der Waals surface area contributed by atoms with Crippen LogP contribution in [0, 0.1) is 0 Å². The van der Waals surface area contributed by atoms with Crippen LogP contribution >= 0.6 is 0 Å². The molecule has 4 heteroatoms. The van der Waals surface area contributed by atoms with Crippen LogP contribution in [0.4, 0.5) is 0 Å². The van der Waals surface area contributed by atoms with Gasteiger partial charge in [-0.25, -0.2) is 0 Å². The van der Waals surface area contributed by atoms with E-state index in [1.165, 1.54) is 0 Å². The molecule has 0 aliphatic carbocycles. The first-order valence-electron chi connectivity index (χ1n) is 0. The predicted octanol–water partition coefficient (Wildman–Crippen LogP) is -2.73. The van der Waals surface area contributed by atoms with Crippen molar-refractivity contribution in [2.75, 3.05) is 0 Å². The molecule has 0 aromatic heterocycles. The zero-order chi connectivity index (χ0) is 0. The molecule has 0 spiro atoms. The van der Waals surface area contributed by atoms with E-state index in [1.54, 1.807) is 0 Å². The number of hydrogen-bond acceptors (Lipinski definition) is 0. The molecule has 0 amide bonds. The molecule has 0 heterocycles. The number of nitrogens with zero attached hydrogens (tertiary/aromatic N) is 1. The van der Waals surface area contributed by atoms with Gasteiger partial charge in [0.15, 0.2) is 17.4 Å². The summed E-state index contributed by atoms with van der Waals surface area (Å²) < 4.78 is 0. The summed E-state index contributed by atoms with van der Waals surface area (Å²) >= 11 is 0. The molecule has 0 rings (SSSR count). The van der Waals surface area contributed by atoms with Crippen LogP contribution in [0.5, 0.6) is 0 Å². The summed E-state index contributed by atoms with van der Waals surface area (Å²) in [5, 5.41) is 0. The van der Waals surface area contributed by atoms with Gasteiger partial charge in [-0.05, 0) is 0 Å².